The van der Waals surface area contributed by atoms with Gasteiger partial charge in [-0.1, -0.05) is 18.2 Å². The maximum atomic E-state index is 5.56. The summed E-state index contributed by atoms with van der Waals surface area (Å²) in [5.74, 6) is 1.55. The van der Waals surface area contributed by atoms with Crippen LogP contribution >= 0.6 is 0 Å². The zero-order chi connectivity index (χ0) is 15.8. The Labute approximate surface area is 134 Å². The molecule has 4 heteroatoms. The Morgan fingerprint density at radius 1 is 1.04 bits per heavy atom. The van der Waals surface area contributed by atoms with Crippen LogP contribution in [0.4, 0.5) is 0 Å². The van der Waals surface area contributed by atoms with Gasteiger partial charge in [-0.3, -0.25) is 4.99 Å². The number of fused-ring (bicyclic) bond motifs is 3. The molecule has 23 heavy (non-hydrogen) atoms. The molecule has 2 heterocycles. The second-order valence-electron chi connectivity index (χ2n) is 5.57. The molecule has 0 aliphatic carbocycles. The van der Waals surface area contributed by atoms with Gasteiger partial charge in [0.15, 0.2) is 0 Å². The van der Waals surface area contributed by atoms with Crippen molar-refractivity contribution in [3.05, 3.63) is 59.3 Å². The molecule has 0 fully saturated rings. The Kier molecular flexibility index (Phi) is 3.30. The normalized spacial score (nSPS) is 13.6. The molecule has 0 unspecified atom stereocenters. The molecule has 0 amide bonds. The van der Waals surface area contributed by atoms with Crippen molar-refractivity contribution in [3.63, 3.8) is 0 Å². The Hall–Kier alpha value is -2.75. The number of ether oxygens (including phenoxy) is 2. The lowest BCUT2D eigenvalue weighted by atomic mass is 9.97. The van der Waals surface area contributed by atoms with Gasteiger partial charge in [0.2, 0.25) is 0 Å². The topological polar surface area (TPSA) is 46.6 Å². The highest BCUT2D eigenvalue weighted by atomic mass is 16.5. The van der Waals surface area contributed by atoms with Crippen LogP contribution in [0.2, 0.25) is 0 Å². The van der Waals surface area contributed by atoms with E-state index in [1.807, 2.05) is 18.2 Å². The average Bonchev–Trinajstić information content (AvgIpc) is 3.00. The molecule has 2 aromatic carbocycles. The molecule has 0 radical (unpaired) electrons. The molecule has 1 N–H and O–H groups in total. The number of methoxy groups -OCH3 is 2. The molecule has 3 aromatic rings. The van der Waals surface area contributed by atoms with Gasteiger partial charge in [0, 0.05) is 29.1 Å². The van der Waals surface area contributed by atoms with E-state index in [0.29, 0.717) is 0 Å². The van der Waals surface area contributed by atoms with Gasteiger partial charge in [0.1, 0.15) is 11.5 Å². The van der Waals surface area contributed by atoms with Crippen LogP contribution < -0.4 is 9.47 Å². The highest BCUT2D eigenvalue weighted by molar-refractivity contribution is 6.17. The number of benzene rings is 2. The molecule has 1 aliphatic rings. The van der Waals surface area contributed by atoms with Crippen LogP contribution in [-0.2, 0) is 6.42 Å². The molecule has 4 rings (SSSR count). The lowest BCUT2D eigenvalue weighted by Crippen LogP contribution is -2.14. The minimum Gasteiger partial charge on any atom is -0.497 e. The van der Waals surface area contributed by atoms with Crippen molar-refractivity contribution in [3.8, 4) is 11.5 Å². The van der Waals surface area contributed by atoms with Crippen LogP contribution in [0.15, 0.2) is 47.5 Å². The molecule has 0 bridgehead atoms. The number of rotatable bonds is 3. The quantitative estimate of drug-likeness (QED) is 0.804. The lowest BCUT2D eigenvalue weighted by molar-refractivity contribution is 0.394. The van der Waals surface area contributed by atoms with Crippen molar-refractivity contribution < 1.29 is 9.47 Å². The SMILES string of the molecule is COc1ccc(C2=NCCc3c2[nH]c2ccccc32)c(OC)c1. The first-order chi connectivity index (χ1) is 11.3. The van der Waals surface area contributed by atoms with Gasteiger partial charge < -0.3 is 14.5 Å². The van der Waals surface area contributed by atoms with E-state index in [4.69, 9.17) is 14.5 Å². The summed E-state index contributed by atoms with van der Waals surface area (Å²) in [5.41, 5.74) is 5.53. The fourth-order valence-corrected chi connectivity index (χ4v) is 3.23. The number of nitrogens with one attached hydrogen (secondary N) is 1. The van der Waals surface area contributed by atoms with Crippen LogP contribution in [0, 0.1) is 0 Å². The third kappa shape index (κ3) is 2.18. The minimum atomic E-state index is 0.773. The van der Waals surface area contributed by atoms with Crippen molar-refractivity contribution in [2.24, 2.45) is 4.99 Å². The number of nitrogens with zero attached hydrogens (tertiary/aromatic N) is 1. The molecular weight excluding hydrogens is 288 g/mol. The Balaban J connectivity index is 1.90. The molecule has 0 atom stereocenters. The van der Waals surface area contributed by atoms with Crippen LogP contribution in [0.3, 0.4) is 0 Å². The van der Waals surface area contributed by atoms with E-state index in [0.717, 1.165) is 47.0 Å². The number of aromatic nitrogens is 1. The molecule has 0 saturated carbocycles. The van der Waals surface area contributed by atoms with Crippen LogP contribution in [0.5, 0.6) is 11.5 Å². The van der Waals surface area contributed by atoms with Crippen LogP contribution in [0.1, 0.15) is 16.8 Å². The highest BCUT2D eigenvalue weighted by Gasteiger charge is 2.23. The first-order valence-electron chi connectivity index (χ1n) is 7.68. The molecule has 1 aliphatic heterocycles. The smallest absolute Gasteiger partial charge is 0.132 e. The summed E-state index contributed by atoms with van der Waals surface area (Å²) in [6.07, 6.45) is 0.960. The van der Waals surface area contributed by atoms with Crippen molar-refractivity contribution in [2.75, 3.05) is 20.8 Å². The molecule has 116 valence electrons. The predicted molar refractivity (Wildman–Crippen MR) is 92.1 cm³/mol. The van der Waals surface area contributed by atoms with E-state index in [1.165, 1.54) is 10.9 Å². The summed E-state index contributed by atoms with van der Waals surface area (Å²) >= 11 is 0. The summed E-state index contributed by atoms with van der Waals surface area (Å²) in [5, 5.41) is 1.28. The van der Waals surface area contributed by atoms with Gasteiger partial charge in [-0.25, -0.2) is 0 Å². The number of H-pyrrole nitrogens is 1. The monoisotopic (exact) mass is 306 g/mol. The zero-order valence-electron chi connectivity index (χ0n) is 13.2. The number of hydrogen-bond donors (Lipinski definition) is 1. The fraction of sp³-hybridized carbons (Fsp3) is 0.211. The molecule has 4 nitrogen and oxygen atoms in total. The van der Waals surface area contributed by atoms with E-state index in [-0.39, 0.29) is 0 Å². The Morgan fingerprint density at radius 2 is 1.91 bits per heavy atom. The van der Waals surface area contributed by atoms with E-state index in [2.05, 4.69) is 29.2 Å². The number of aliphatic imine (C=N–C) groups is 1. The van der Waals surface area contributed by atoms with Crippen LogP contribution in [-0.4, -0.2) is 31.5 Å². The highest BCUT2D eigenvalue weighted by Crippen LogP contribution is 2.32. The van der Waals surface area contributed by atoms with E-state index in [1.54, 1.807) is 14.2 Å². The van der Waals surface area contributed by atoms with E-state index in [9.17, 15) is 0 Å². The van der Waals surface area contributed by atoms with Gasteiger partial charge >= 0.3 is 0 Å². The third-order valence-corrected chi connectivity index (χ3v) is 4.35. The summed E-state index contributed by atoms with van der Waals surface area (Å²) < 4.78 is 10.8. The second-order valence-corrected chi connectivity index (χ2v) is 5.57. The first kappa shape index (κ1) is 13.9. The van der Waals surface area contributed by atoms with Crippen molar-refractivity contribution in [1.82, 2.24) is 4.98 Å². The van der Waals surface area contributed by atoms with Crippen molar-refractivity contribution in [2.45, 2.75) is 6.42 Å². The fourth-order valence-electron chi connectivity index (χ4n) is 3.23. The minimum absolute atomic E-state index is 0.773. The molecule has 0 saturated heterocycles. The van der Waals surface area contributed by atoms with Gasteiger partial charge in [-0.15, -0.1) is 0 Å². The summed E-state index contributed by atoms with van der Waals surface area (Å²) in [4.78, 5) is 8.29. The van der Waals surface area contributed by atoms with E-state index >= 15 is 0 Å². The number of para-hydroxylation sites is 1. The van der Waals surface area contributed by atoms with Crippen LogP contribution in [0.25, 0.3) is 10.9 Å². The first-order valence-corrected chi connectivity index (χ1v) is 7.68. The number of hydrogen-bond acceptors (Lipinski definition) is 3. The van der Waals surface area contributed by atoms with E-state index < -0.39 is 0 Å². The van der Waals surface area contributed by atoms with Gasteiger partial charge in [0.05, 0.1) is 25.6 Å². The maximum absolute atomic E-state index is 5.56. The average molecular weight is 306 g/mol. The third-order valence-electron chi connectivity index (χ3n) is 4.35. The molecule has 1 aromatic heterocycles. The predicted octanol–water partition coefficient (Wildman–Crippen LogP) is 3.58. The Morgan fingerprint density at radius 3 is 2.74 bits per heavy atom. The maximum Gasteiger partial charge on any atom is 0.132 e. The molecular formula is C19H18N2O2. The van der Waals surface area contributed by atoms with Crippen molar-refractivity contribution in [1.29, 1.82) is 0 Å². The van der Waals surface area contributed by atoms with Crippen molar-refractivity contribution >= 4 is 16.6 Å². The second kappa shape index (κ2) is 5.47. The summed E-state index contributed by atoms with van der Waals surface area (Å²) in [6, 6.07) is 14.3. The summed E-state index contributed by atoms with van der Waals surface area (Å²) in [6.45, 7) is 0.791. The summed E-state index contributed by atoms with van der Waals surface area (Å²) in [7, 11) is 3.33. The number of aromatic amines is 1. The Bertz CT molecular complexity index is 909. The molecule has 0 spiro atoms. The standard InChI is InChI=1S/C19H18N2O2/c1-22-12-7-8-15(17(11-12)23-2)18-19-14(9-10-20-18)13-5-3-4-6-16(13)21-19/h3-8,11,21H,9-10H2,1-2H3. The zero-order valence-corrected chi connectivity index (χ0v) is 13.2. The largest absolute Gasteiger partial charge is 0.497 e. The van der Waals surface area contributed by atoms with Gasteiger partial charge in [0.25, 0.3) is 0 Å². The van der Waals surface area contributed by atoms with Gasteiger partial charge in [-0.05, 0) is 30.2 Å². The lowest BCUT2D eigenvalue weighted by Gasteiger charge is -2.16. The van der Waals surface area contributed by atoms with Gasteiger partial charge in [-0.2, -0.15) is 0 Å².